The molecule has 0 aliphatic carbocycles. The number of hydrogen-bond acceptors (Lipinski definition) is 7. The van der Waals surface area contributed by atoms with E-state index >= 15 is 0 Å². The van der Waals surface area contributed by atoms with E-state index in [1.54, 1.807) is 23.0 Å². The maximum atomic E-state index is 12.5. The summed E-state index contributed by atoms with van der Waals surface area (Å²) in [5, 5.41) is 21.6. The van der Waals surface area contributed by atoms with Crippen LogP contribution in [0.5, 0.6) is 5.75 Å². The molecule has 3 aromatic rings. The molecular weight excluding hydrogens is 434 g/mol. The number of Topliss-reactive ketones (excluding diaryl/α,β-unsaturated/α-hetero) is 1. The largest absolute Gasteiger partial charge is 0.487 e. The number of nitrogens with zero attached hydrogens (tertiary/aromatic N) is 3. The lowest BCUT2D eigenvalue weighted by atomic mass is 9.97. The highest BCUT2D eigenvalue weighted by molar-refractivity contribution is 6.40. The van der Waals surface area contributed by atoms with E-state index in [2.05, 4.69) is 20.9 Å². The van der Waals surface area contributed by atoms with Gasteiger partial charge in [0.25, 0.3) is 0 Å². The summed E-state index contributed by atoms with van der Waals surface area (Å²) in [5.74, 6) is -0.0557. The summed E-state index contributed by atoms with van der Waals surface area (Å²) < 4.78 is 7.27. The van der Waals surface area contributed by atoms with Crippen molar-refractivity contribution in [2.24, 2.45) is 5.92 Å². The second-order valence-corrected chi connectivity index (χ2v) is 7.75. The van der Waals surface area contributed by atoms with Gasteiger partial charge in [0.05, 0.1) is 25.0 Å². The van der Waals surface area contributed by atoms with Crippen LogP contribution in [0.4, 0.5) is 10.5 Å². The van der Waals surface area contributed by atoms with Gasteiger partial charge >= 0.3 is 6.03 Å². The molecule has 0 unspecified atom stereocenters. The topological polar surface area (TPSA) is 148 Å². The molecule has 2 amide bonds. The van der Waals surface area contributed by atoms with E-state index in [9.17, 15) is 9.59 Å². The number of benzene rings is 2. The van der Waals surface area contributed by atoms with Crippen LogP contribution in [0.25, 0.3) is 0 Å². The van der Waals surface area contributed by atoms with E-state index < -0.39 is 11.8 Å². The van der Waals surface area contributed by atoms with E-state index in [0.717, 1.165) is 11.3 Å². The zero-order chi connectivity index (χ0) is 24.3. The third-order valence-corrected chi connectivity index (χ3v) is 5.17. The summed E-state index contributed by atoms with van der Waals surface area (Å²) in [5.41, 5.74) is 7.76. The number of amides is 2. The molecule has 0 saturated carbocycles. The highest BCUT2D eigenvalue weighted by Crippen LogP contribution is 2.12. The number of aromatic nitrogens is 3. The number of urea groups is 1. The molecule has 1 atom stereocenters. The Balaban J connectivity index is 1.43. The summed E-state index contributed by atoms with van der Waals surface area (Å²) >= 11 is 0. The van der Waals surface area contributed by atoms with Crippen LogP contribution in [0.3, 0.4) is 0 Å². The zero-order valence-corrected chi connectivity index (χ0v) is 19.0. The van der Waals surface area contributed by atoms with Gasteiger partial charge in [0.15, 0.2) is 5.78 Å². The molecule has 178 valence electrons. The SMILES string of the molecule is CC[C@H](Cn1cc(COc2ccccc2)nn1)C(=N)C(=O)CNC(=O)NCc1ccc(N)cc1. The van der Waals surface area contributed by atoms with E-state index in [4.69, 9.17) is 15.9 Å². The number of carbonyl (C=O) groups excluding carboxylic acids is 2. The summed E-state index contributed by atoms with van der Waals surface area (Å²) in [4.78, 5) is 24.5. The maximum Gasteiger partial charge on any atom is 0.315 e. The predicted octanol–water partition coefficient (Wildman–Crippen LogP) is 2.55. The Hall–Kier alpha value is -4.21. The van der Waals surface area contributed by atoms with Crippen molar-refractivity contribution in [3.05, 3.63) is 72.1 Å². The monoisotopic (exact) mass is 463 g/mol. The van der Waals surface area contributed by atoms with E-state index in [1.807, 2.05) is 49.4 Å². The van der Waals surface area contributed by atoms with Gasteiger partial charge in [-0.1, -0.05) is 42.5 Å². The summed E-state index contributed by atoms with van der Waals surface area (Å²) in [6.45, 7) is 2.55. The highest BCUT2D eigenvalue weighted by atomic mass is 16.5. The number of carbonyl (C=O) groups is 2. The number of hydrogen-bond donors (Lipinski definition) is 4. The van der Waals surface area contributed by atoms with Gasteiger partial charge in [0, 0.05) is 18.2 Å². The van der Waals surface area contributed by atoms with Gasteiger partial charge in [-0.2, -0.15) is 0 Å². The van der Waals surface area contributed by atoms with Crippen LogP contribution in [0.15, 0.2) is 60.8 Å². The fourth-order valence-corrected chi connectivity index (χ4v) is 3.18. The van der Waals surface area contributed by atoms with Crippen LogP contribution in [-0.4, -0.2) is 39.1 Å². The molecule has 0 aliphatic heterocycles. The summed E-state index contributed by atoms with van der Waals surface area (Å²) in [6.07, 6.45) is 2.32. The van der Waals surface area contributed by atoms with E-state index in [0.29, 0.717) is 30.9 Å². The quantitative estimate of drug-likeness (QED) is 0.240. The molecule has 5 N–H and O–H groups in total. The van der Waals surface area contributed by atoms with Crippen molar-refractivity contribution in [1.82, 2.24) is 25.6 Å². The van der Waals surface area contributed by atoms with Crippen molar-refractivity contribution in [2.75, 3.05) is 12.3 Å². The molecule has 0 bridgehead atoms. The second kappa shape index (κ2) is 12.1. The van der Waals surface area contributed by atoms with Crippen molar-refractivity contribution in [1.29, 1.82) is 5.41 Å². The summed E-state index contributed by atoms with van der Waals surface area (Å²) in [7, 11) is 0. The van der Waals surface area contributed by atoms with Gasteiger partial charge in [0.1, 0.15) is 18.1 Å². The van der Waals surface area contributed by atoms with Crippen LogP contribution in [0.1, 0.15) is 24.6 Å². The average molecular weight is 464 g/mol. The number of para-hydroxylation sites is 1. The first-order chi connectivity index (χ1) is 16.4. The van der Waals surface area contributed by atoms with Gasteiger partial charge in [-0.15, -0.1) is 5.10 Å². The average Bonchev–Trinajstić information content (AvgIpc) is 3.31. The van der Waals surface area contributed by atoms with Crippen molar-refractivity contribution in [3.63, 3.8) is 0 Å². The number of anilines is 1. The van der Waals surface area contributed by atoms with E-state index in [-0.39, 0.29) is 24.8 Å². The van der Waals surface area contributed by atoms with Crippen molar-refractivity contribution >= 4 is 23.2 Å². The minimum Gasteiger partial charge on any atom is -0.487 e. The van der Waals surface area contributed by atoms with Crippen LogP contribution in [0, 0.1) is 11.3 Å². The summed E-state index contributed by atoms with van der Waals surface area (Å²) in [6, 6.07) is 16.0. The lowest BCUT2D eigenvalue weighted by Crippen LogP contribution is -2.41. The molecule has 2 aromatic carbocycles. The molecule has 0 radical (unpaired) electrons. The molecule has 3 rings (SSSR count). The Morgan fingerprint density at radius 2 is 1.85 bits per heavy atom. The molecule has 0 spiro atoms. The van der Waals surface area contributed by atoms with Crippen molar-refractivity contribution in [3.8, 4) is 5.75 Å². The van der Waals surface area contributed by atoms with E-state index in [1.165, 1.54) is 0 Å². The number of rotatable bonds is 12. The van der Waals surface area contributed by atoms with Gasteiger partial charge in [-0.25, -0.2) is 4.79 Å². The minimum atomic E-state index is -0.481. The molecule has 1 aromatic heterocycles. The molecule has 34 heavy (non-hydrogen) atoms. The number of nitrogens with two attached hydrogens (primary N) is 1. The Morgan fingerprint density at radius 1 is 1.12 bits per heavy atom. The van der Waals surface area contributed by atoms with Crippen molar-refractivity contribution in [2.45, 2.75) is 33.0 Å². The fourth-order valence-electron chi connectivity index (χ4n) is 3.18. The molecule has 0 fully saturated rings. The van der Waals surface area contributed by atoms with Gasteiger partial charge < -0.3 is 26.5 Å². The Morgan fingerprint density at radius 3 is 2.56 bits per heavy atom. The maximum absolute atomic E-state index is 12.5. The molecule has 10 heteroatoms. The zero-order valence-electron chi connectivity index (χ0n) is 19.0. The van der Waals surface area contributed by atoms with Gasteiger partial charge in [-0.3, -0.25) is 9.48 Å². The highest BCUT2D eigenvalue weighted by Gasteiger charge is 2.21. The lowest BCUT2D eigenvalue weighted by Gasteiger charge is -2.15. The van der Waals surface area contributed by atoms with Gasteiger partial charge in [-0.05, 0) is 36.2 Å². The third kappa shape index (κ3) is 7.44. The lowest BCUT2D eigenvalue weighted by molar-refractivity contribution is -0.112. The van der Waals surface area contributed by atoms with Crippen LogP contribution in [-0.2, 0) is 24.5 Å². The first-order valence-corrected chi connectivity index (χ1v) is 11.0. The van der Waals surface area contributed by atoms with Gasteiger partial charge in [0.2, 0.25) is 0 Å². The van der Waals surface area contributed by atoms with Crippen LogP contribution < -0.4 is 21.1 Å². The third-order valence-electron chi connectivity index (χ3n) is 5.17. The van der Waals surface area contributed by atoms with Crippen molar-refractivity contribution < 1.29 is 14.3 Å². The molecule has 0 aliphatic rings. The Bertz CT molecular complexity index is 1100. The molecular formula is C24H29N7O3. The second-order valence-electron chi connectivity index (χ2n) is 7.75. The molecule has 10 nitrogen and oxygen atoms in total. The first kappa shape index (κ1) is 24.4. The van der Waals surface area contributed by atoms with Crippen LogP contribution >= 0.6 is 0 Å². The number of ketones is 1. The normalized spacial score (nSPS) is 11.4. The minimum absolute atomic E-state index is 0.0566. The smallest absolute Gasteiger partial charge is 0.315 e. The number of nitrogens with one attached hydrogen (secondary N) is 3. The Kier molecular flexibility index (Phi) is 8.73. The number of nitrogen functional groups attached to an aromatic ring is 1. The predicted molar refractivity (Wildman–Crippen MR) is 128 cm³/mol. The molecule has 1 heterocycles. The molecule has 0 saturated heterocycles. The fraction of sp³-hybridized carbons (Fsp3) is 0.292. The Labute approximate surface area is 198 Å². The number of ether oxygens (including phenoxy) is 1. The van der Waals surface area contributed by atoms with Crippen LogP contribution in [0.2, 0.25) is 0 Å². The first-order valence-electron chi connectivity index (χ1n) is 11.0. The standard InChI is InChI=1S/C24H29N7O3/c1-2-18(14-31-15-20(29-30-31)16-34-21-6-4-3-5-7-21)23(26)22(32)13-28-24(33)27-12-17-8-10-19(25)11-9-17/h3-11,15,18,26H,2,12-14,16,25H2,1H3,(H2,27,28,33)/t18-/m1/s1.